The number of thiazole rings is 1. The molecule has 1 aromatic heterocycles. The van der Waals surface area contributed by atoms with E-state index in [-0.39, 0.29) is 36.1 Å². The minimum atomic E-state index is -0.829. The van der Waals surface area contributed by atoms with Crippen LogP contribution in [-0.2, 0) is 16.1 Å². The third-order valence-corrected chi connectivity index (χ3v) is 8.85. The van der Waals surface area contributed by atoms with Crippen molar-refractivity contribution in [3.8, 4) is 17.2 Å². The molecule has 11 nitrogen and oxygen atoms in total. The first-order valence-electron chi connectivity index (χ1n) is 14.7. The fraction of sp³-hybridized carbons (Fsp3) is 0.265. The summed E-state index contributed by atoms with van der Waals surface area (Å²) in [6.45, 7) is 7.52. The molecule has 244 valence electrons. The second kappa shape index (κ2) is 14.3. The zero-order chi connectivity index (χ0) is 33.8. The number of fused-ring (bicyclic) bond motifs is 1. The van der Waals surface area contributed by atoms with E-state index < -0.39 is 16.9 Å². The molecule has 1 aliphatic heterocycles. The maximum Gasteiger partial charge on any atom is 0.338 e. The molecular weight excluding hydrogens is 690 g/mol. The first-order chi connectivity index (χ1) is 22.5. The van der Waals surface area contributed by atoms with Crippen LogP contribution in [0.3, 0.4) is 0 Å². The van der Waals surface area contributed by atoms with Crippen LogP contribution in [0.2, 0.25) is 0 Å². The Morgan fingerprint density at radius 2 is 1.89 bits per heavy atom. The number of para-hydroxylation sites is 1. The molecule has 2 heterocycles. The lowest BCUT2D eigenvalue weighted by molar-refractivity contribution is -0.384. The summed E-state index contributed by atoms with van der Waals surface area (Å²) in [5, 5.41) is 11.2. The summed E-state index contributed by atoms with van der Waals surface area (Å²) in [6, 6.07) is 16.1. The molecule has 0 fully saturated rings. The van der Waals surface area contributed by atoms with Crippen LogP contribution in [0.5, 0.6) is 17.2 Å². The molecule has 0 spiro atoms. The molecular formula is C34H32BrN3O8S. The molecule has 0 radical (unpaired) electrons. The van der Waals surface area contributed by atoms with Gasteiger partial charge in [-0.15, -0.1) is 0 Å². The second-order valence-corrected chi connectivity index (χ2v) is 12.6. The molecule has 5 rings (SSSR count). The van der Waals surface area contributed by atoms with Crippen molar-refractivity contribution in [1.29, 1.82) is 0 Å². The summed E-state index contributed by atoms with van der Waals surface area (Å²) in [6.07, 6.45) is 1.58. The number of ether oxygens (including phenoxy) is 4. The van der Waals surface area contributed by atoms with E-state index in [1.165, 1.54) is 35.1 Å². The quantitative estimate of drug-likeness (QED) is 0.107. The van der Waals surface area contributed by atoms with Gasteiger partial charge < -0.3 is 18.9 Å². The van der Waals surface area contributed by atoms with Crippen molar-refractivity contribution in [3.05, 3.63) is 123 Å². The molecule has 0 saturated heterocycles. The van der Waals surface area contributed by atoms with Crippen LogP contribution in [-0.4, -0.2) is 35.3 Å². The van der Waals surface area contributed by atoms with E-state index >= 15 is 0 Å². The van der Waals surface area contributed by atoms with Gasteiger partial charge in [0.1, 0.15) is 18.4 Å². The van der Waals surface area contributed by atoms with E-state index in [0.717, 1.165) is 0 Å². The highest BCUT2D eigenvalue weighted by atomic mass is 79.9. The zero-order valence-corrected chi connectivity index (χ0v) is 28.7. The van der Waals surface area contributed by atoms with Crippen molar-refractivity contribution in [2.45, 2.75) is 46.4 Å². The lowest BCUT2D eigenvalue weighted by atomic mass is 9.95. The number of non-ortho nitro benzene ring substituents is 1. The van der Waals surface area contributed by atoms with E-state index in [1.807, 2.05) is 38.1 Å². The Kier molecular flexibility index (Phi) is 10.3. The monoisotopic (exact) mass is 721 g/mol. The molecule has 0 N–H and O–H groups in total. The van der Waals surface area contributed by atoms with E-state index in [9.17, 15) is 19.7 Å². The number of nitro benzene ring substituents is 1. The number of hydrogen-bond donors (Lipinski definition) is 0. The lowest BCUT2D eigenvalue weighted by Gasteiger charge is -2.26. The van der Waals surface area contributed by atoms with Gasteiger partial charge in [-0.05, 0) is 63.1 Å². The highest BCUT2D eigenvalue weighted by Crippen LogP contribution is 2.37. The van der Waals surface area contributed by atoms with Crippen LogP contribution in [0.25, 0.3) is 6.08 Å². The van der Waals surface area contributed by atoms with Crippen molar-refractivity contribution in [1.82, 2.24) is 4.57 Å². The lowest BCUT2D eigenvalue weighted by Crippen LogP contribution is -2.40. The zero-order valence-electron chi connectivity index (χ0n) is 26.3. The fourth-order valence-corrected chi connectivity index (χ4v) is 6.62. The molecule has 0 saturated carbocycles. The number of aromatic nitrogens is 1. The summed E-state index contributed by atoms with van der Waals surface area (Å²) in [4.78, 5) is 43.3. The molecule has 47 heavy (non-hydrogen) atoms. The Morgan fingerprint density at radius 1 is 1.13 bits per heavy atom. The standard InChI is InChI=1S/C34H32BrN3O8S/c1-6-44-33(40)30-20(4)36-34-37(31(30)24-12-7-8-13-26(24)46-19(2)3)32(39)29(47-34)16-22-15-27(43-5)28(17-25(22)35)45-18-21-10-9-11-23(14-21)38(41)42/h7-17,19,31H,6,18H2,1-5H3/b29-16+/t31-/m0/s1. The predicted molar refractivity (Wildman–Crippen MR) is 181 cm³/mol. The molecule has 13 heteroatoms. The van der Waals surface area contributed by atoms with Crippen LogP contribution in [0.15, 0.2) is 86.2 Å². The van der Waals surface area contributed by atoms with Crippen LogP contribution >= 0.6 is 27.3 Å². The smallest absolute Gasteiger partial charge is 0.338 e. The van der Waals surface area contributed by atoms with Crippen LogP contribution in [0.1, 0.15) is 50.4 Å². The highest BCUT2D eigenvalue weighted by molar-refractivity contribution is 9.10. The molecule has 1 atom stereocenters. The Labute approximate surface area is 282 Å². The fourth-order valence-electron chi connectivity index (χ4n) is 5.15. The number of nitro groups is 1. The number of hydrogen-bond acceptors (Lipinski definition) is 10. The normalized spacial score (nSPS) is 14.4. The third-order valence-electron chi connectivity index (χ3n) is 7.18. The first kappa shape index (κ1) is 33.6. The van der Waals surface area contributed by atoms with Gasteiger partial charge in [0.2, 0.25) is 0 Å². The van der Waals surface area contributed by atoms with Crippen molar-refractivity contribution in [3.63, 3.8) is 0 Å². The second-order valence-electron chi connectivity index (χ2n) is 10.7. The average molecular weight is 723 g/mol. The van der Waals surface area contributed by atoms with Crippen molar-refractivity contribution < 1.29 is 28.7 Å². The van der Waals surface area contributed by atoms with Crippen molar-refractivity contribution in [2.24, 2.45) is 4.99 Å². The SMILES string of the molecule is CCOC(=O)C1=C(C)N=c2s/c(=C/c3cc(OC)c(OCc4cccc([N+](=O)[O-])c4)cc3Br)c(=O)n2[C@H]1c1ccccc1OC(C)C. The first-order valence-corrected chi connectivity index (χ1v) is 16.3. The van der Waals surface area contributed by atoms with Gasteiger partial charge in [-0.25, -0.2) is 9.79 Å². The Bertz CT molecular complexity index is 2070. The molecule has 0 amide bonds. The summed E-state index contributed by atoms with van der Waals surface area (Å²) >= 11 is 4.78. The van der Waals surface area contributed by atoms with Crippen LogP contribution in [0.4, 0.5) is 5.69 Å². The molecule has 0 bridgehead atoms. The van der Waals surface area contributed by atoms with Crippen LogP contribution < -0.4 is 29.1 Å². The number of esters is 1. The van der Waals surface area contributed by atoms with E-state index in [4.69, 9.17) is 18.9 Å². The van der Waals surface area contributed by atoms with E-state index in [2.05, 4.69) is 20.9 Å². The van der Waals surface area contributed by atoms with E-state index in [0.29, 0.717) is 53.4 Å². The van der Waals surface area contributed by atoms with Crippen molar-refractivity contribution in [2.75, 3.05) is 13.7 Å². The summed E-state index contributed by atoms with van der Waals surface area (Å²) in [7, 11) is 1.50. The minimum absolute atomic E-state index is 0.0289. The summed E-state index contributed by atoms with van der Waals surface area (Å²) < 4.78 is 25.6. The van der Waals surface area contributed by atoms with Gasteiger partial charge in [0.15, 0.2) is 16.3 Å². The largest absolute Gasteiger partial charge is 0.493 e. The molecule has 0 unspecified atom stereocenters. The van der Waals surface area contributed by atoms with Gasteiger partial charge in [-0.1, -0.05) is 57.6 Å². The van der Waals surface area contributed by atoms with Gasteiger partial charge in [0, 0.05) is 22.2 Å². The number of nitrogens with zero attached hydrogens (tertiary/aromatic N) is 3. The Hall–Kier alpha value is -4.75. The number of rotatable bonds is 11. The van der Waals surface area contributed by atoms with Gasteiger partial charge in [0.05, 0.1) is 40.5 Å². The maximum atomic E-state index is 14.2. The molecule has 3 aromatic carbocycles. The topological polar surface area (TPSA) is 131 Å². The number of methoxy groups -OCH3 is 1. The minimum Gasteiger partial charge on any atom is -0.493 e. The Balaban J connectivity index is 1.58. The number of allylic oxidation sites excluding steroid dienone is 1. The average Bonchev–Trinajstić information content (AvgIpc) is 3.34. The predicted octanol–water partition coefficient (Wildman–Crippen LogP) is 5.84. The summed E-state index contributed by atoms with van der Waals surface area (Å²) in [5.41, 5.74) is 2.24. The van der Waals surface area contributed by atoms with Crippen molar-refractivity contribution >= 4 is 45.0 Å². The molecule has 0 aliphatic carbocycles. The van der Waals surface area contributed by atoms with Gasteiger partial charge >= 0.3 is 5.97 Å². The Morgan fingerprint density at radius 3 is 2.60 bits per heavy atom. The maximum absolute atomic E-state index is 14.2. The van der Waals surface area contributed by atoms with Crippen LogP contribution in [0, 0.1) is 10.1 Å². The molecule has 4 aromatic rings. The third kappa shape index (κ3) is 7.15. The van der Waals surface area contributed by atoms with Gasteiger partial charge in [-0.3, -0.25) is 19.5 Å². The number of carbonyl (C=O) groups is 1. The number of halogens is 1. The van der Waals surface area contributed by atoms with Gasteiger partial charge in [0.25, 0.3) is 11.2 Å². The number of benzene rings is 3. The van der Waals surface area contributed by atoms with E-state index in [1.54, 1.807) is 44.2 Å². The number of carbonyl (C=O) groups excluding carboxylic acids is 1. The van der Waals surface area contributed by atoms with Gasteiger partial charge in [-0.2, -0.15) is 0 Å². The highest BCUT2D eigenvalue weighted by Gasteiger charge is 2.35. The summed E-state index contributed by atoms with van der Waals surface area (Å²) in [5.74, 6) is 0.795. The molecule has 1 aliphatic rings.